The lowest BCUT2D eigenvalue weighted by molar-refractivity contribution is 0.304. The number of hydrogen-bond acceptors (Lipinski definition) is 2. The van der Waals surface area contributed by atoms with E-state index in [-0.39, 0.29) is 11.2 Å². The van der Waals surface area contributed by atoms with Crippen LogP contribution in [0.25, 0.3) is 11.3 Å². The standard InChI is InChI=1S/C22H22FNO/c1-22(2,3)19-10-9-18(14-20(19)23)25-15-16-11-12-24-21(13-16)17-7-5-4-6-8-17/h4-14H,15H2,1-3H3. The highest BCUT2D eigenvalue weighted by molar-refractivity contribution is 5.59. The molecule has 0 fully saturated rings. The average Bonchev–Trinajstić information content (AvgIpc) is 2.60. The first kappa shape index (κ1) is 17.2. The molecule has 3 heteroatoms. The van der Waals surface area contributed by atoms with Crippen LogP contribution in [0.3, 0.4) is 0 Å². The normalized spacial score (nSPS) is 11.4. The molecule has 0 aliphatic heterocycles. The third-order valence-electron chi connectivity index (χ3n) is 4.05. The molecule has 2 aromatic carbocycles. The predicted octanol–water partition coefficient (Wildman–Crippen LogP) is 5.76. The summed E-state index contributed by atoms with van der Waals surface area (Å²) in [4.78, 5) is 4.40. The van der Waals surface area contributed by atoms with Gasteiger partial charge in [-0.1, -0.05) is 57.2 Å². The zero-order chi connectivity index (χ0) is 17.9. The second-order valence-corrected chi connectivity index (χ2v) is 7.10. The molecule has 0 bridgehead atoms. The molecule has 0 amide bonds. The van der Waals surface area contributed by atoms with Crippen molar-refractivity contribution < 1.29 is 9.13 Å². The maximum atomic E-state index is 14.3. The monoisotopic (exact) mass is 335 g/mol. The maximum Gasteiger partial charge on any atom is 0.130 e. The highest BCUT2D eigenvalue weighted by Crippen LogP contribution is 2.28. The Balaban J connectivity index is 1.73. The number of rotatable bonds is 4. The summed E-state index contributed by atoms with van der Waals surface area (Å²) in [6.07, 6.45) is 1.77. The molecular formula is C22H22FNO. The van der Waals surface area contributed by atoms with Crippen LogP contribution in [0.1, 0.15) is 31.9 Å². The molecule has 25 heavy (non-hydrogen) atoms. The Kier molecular flexibility index (Phi) is 4.84. The van der Waals surface area contributed by atoms with Gasteiger partial charge in [-0.25, -0.2) is 4.39 Å². The van der Waals surface area contributed by atoms with Gasteiger partial charge in [0.25, 0.3) is 0 Å². The molecule has 1 aromatic heterocycles. The first-order valence-corrected chi connectivity index (χ1v) is 8.37. The molecule has 0 saturated carbocycles. The van der Waals surface area contributed by atoms with Crippen molar-refractivity contribution in [1.82, 2.24) is 4.98 Å². The van der Waals surface area contributed by atoms with Crippen LogP contribution in [0.2, 0.25) is 0 Å². The van der Waals surface area contributed by atoms with Crippen molar-refractivity contribution in [2.24, 2.45) is 0 Å². The SMILES string of the molecule is CC(C)(C)c1ccc(OCc2ccnc(-c3ccccc3)c2)cc1F. The fourth-order valence-corrected chi connectivity index (χ4v) is 2.69. The fraction of sp³-hybridized carbons (Fsp3) is 0.227. The number of pyridine rings is 1. The lowest BCUT2D eigenvalue weighted by Gasteiger charge is -2.20. The summed E-state index contributed by atoms with van der Waals surface area (Å²) < 4.78 is 20.0. The Hall–Kier alpha value is -2.68. The van der Waals surface area contributed by atoms with E-state index in [9.17, 15) is 4.39 Å². The molecule has 0 saturated heterocycles. The molecule has 0 atom stereocenters. The van der Waals surface area contributed by atoms with E-state index >= 15 is 0 Å². The van der Waals surface area contributed by atoms with Crippen LogP contribution >= 0.6 is 0 Å². The Morgan fingerprint density at radius 1 is 0.960 bits per heavy atom. The van der Waals surface area contributed by atoms with Crippen LogP contribution in [0.15, 0.2) is 66.9 Å². The predicted molar refractivity (Wildman–Crippen MR) is 99.1 cm³/mol. The van der Waals surface area contributed by atoms with Crippen LogP contribution in [0, 0.1) is 5.82 Å². The topological polar surface area (TPSA) is 22.1 Å². The number of nitrogens with zero attached hydrogens (tertiary/aromatic N) is 1. The van der Waals surface area contributed by atoms with Gasteiger partial charge in [0.2, 0.25) is 0 Å². The molecule has 128 valence electrons. The minimum atomic E-state index is -0.232. The summed E-state index contributed by atoms with van der Waals surface area (Å²) in [7, 11) is 0. The number of aromatic nitrogens is 1. The molecule has 0 spiro atoms. The van der Waals surface area contributed by atoms with Gasteiger partial charge in [-0.05, 0) is 34.7 Å². The lowest BCUT2D eigenvalue weighted by Crippen LogP contribution is -2.13. The molecule has 3 aromatic rings. The minimum Gasteiger partial charge on any atom is -0.489 e. The van der Waals surface area contributed by atoms with Gasteiger partial charge in [0.1, 0.15) is 18.2 Å². The van der Waals surface area contributed by atoms with Gasteiger partial charge in [0.05, 0.1) is 5.69 Å². The van der Waals surface area contributed by atoms with E-state index in [1.54, 1.807) is 12.3 Å². The largest absolute Gasteiger partial charge is 0.489 e. The van der Waals surface area contributed by atoms with Crippen LogP contribution in [-0.2, 0) is 12.0 Å². The van der Waals surface area contributed by atoms with E-state index in [1.807, 2.05) is 69.3 Å². The van der Waals surface area contributed by atoms with Crippen molar-refractivity contribution in [3.63, 3.8) is 0 Å². The van der Waals surface area contributed by atoms with E-state index in [0.29, 0.717) is 17.9 Å². The highest BCUT2D eigenvalue weighted by atomic mass is 19.1. The average molecular weight is 335 g/mol. The second kappa shape index (κ2) is 7.06. The van der Waals surface area contributed by atoms with E-state index < -0.39 is 0 Å². The van der Waals surface area contributed by atoms with Crippen molar-refractivity contribution in [3.05, 3.63) is 83.8 Å². The molecule has 3 rings (SSSR count). The number of benzene rings is 2. The molecule has 0 unspecified atom stereocenters. The van der Waals surface area contributed by atoms with Gasteiger partial charge in [-0.3, -0.25) is 4.98 Å². The first-order chi connectivity index (χ1) is 11.9. The minimum absolute atomic E-state index is 0.224. The molecule has 0 aliphatic rings. The molecular weight excluding hydrogens is 313 g/mol. The van der Waals surface area contributed by atoms with Gasteiger partial charge in [-0.15, -0.1) is 0 Å². The van der Waals surface area contributed by atoms with E-state index in [2.05, 4.69) is 4.98 Å². The first-order valence-electron chi connectivity index (χ1n) is 8.37. The quantitative estimate of drug-likeness (QED) is 0.604. The lowest BCUT2D eigenvalue weighted by atomic mass is 9.87. The highest BCUT2D eigenvalue weighted by Gasteiger charge is 2.18. The van der Waals surface area contributed by atoms with Crippen LogP contribution in [-0.4, -0.2) is 4.98 Å². The summed E-state index contributed by atoms with van der Waals surface area (Å²) in [5.74, 6) is 0.299. The van der Waals surface area contributed by atoms with Crippen molar-refractivity contribution in [2.45, 2.75) is 32.8 Å². The van der Waals surface area contributed by atoms with Crippen LogP contribution < -0.4 is 4.74 Å². The van der Waals surface area contributed by atoms with Crippen molar-refractivity contribution >= 4 is 0 Å². The number of ether oxygens (including phenoxy) is 1. The zero-order valence-corrected chi connectivity index (χ0v) is 14.8. The van der Waals surface area contributed by atoms with Crippen molar-refractivity contribution in [3.8, 4) is 17.0 Å². The fourth-order valence-electron chi connectivity index (χ4n) is 2.69. The summed E-state index contributed by atoms with van der Waals surface area (Å²) in [5, 5.41) is 0. The summed E-state index contributed by atoms with van der Waals surface area (Å²) in [5.41, 5.74) is 3.42. The van der Waals surface area contributed by atoms with Gasteiger partial charge < -0.3 is 4.74 Å². The third-order valence-corrected chi connectivity index (χ3v) is 4.05. The number of hydrogen-bond donors (Lipinski definition) is 0. The molecule has 0 N–H and O–H groups in total. The van der Waals surface area contributed by atoms with E-state index in [1.165, 1.54) is 6.07 Å². The Morgan fingerprint density at radius 2 is 1.72 bits per heavy atom. The van der Waals surface area contributed by atoms with E-state index in [4.69, 9.17) is 4.74 Å². The number of halogens is 1. The maximum absolute atomic E-state index is 14.3. The Labute approximate surface area is 148 Å². The van der Waals surface area contributed by atoms with Crippen molar-refractivity contribution in [1.29, 1.82) is 0 Å². The van der Waals surface area contributed by atoms with Crippen LogP contribution in [0.4, 0.5) is 4.39 Å². The molecule has 1 heterocycles. The van der Waals surface area contributed by atoms with Gasteiger partial charge in [0.15, 0.2) is 0 Å². The van der Waals surface area contributed by atoms with Gasteiger partial charge in [-0.2, -0.15) is 0 Å². The Bertz CT molecular complexity index is 853. The zero-order valence-electron chi connectivity index (χ0n) is 14.8. The summed E-state index contributed by atoms with van der Waals surface area (Å²) >= 11 is 0. The second-order valence-electron chi connectivity index (χ2n) is 7.10. The van der Waals surface area contributed by atoms with Crippen molar-refractivity contribution in [2.75, 3.05) is 0 Å². The summed E-state index contributed by atoms with van der Waals surface area (Å²) in [6.45, 7) is 6.35. The van der Waals surface area contributed by atoms with Crippen LogP contribution in [0.5, 0.6) is 5.75 Å². The molecule has 0 radical (unpaired) electrons. The molecule has 2 nitrogen and oxygen atoms in total. The van der Waals surface area contributed by atoms with Gasteiger partial charge in [0, 0.05) is 17.8 Å². The summed E-state index contributed by atoms with van der Waals surface area (Å²) in [6, 6.07) is 19.0. The smallest absolute Gasteiger partial charge is 0.130 e. The third kappa shape index (κ3) is 4.24. The van der Waals surface area contributed by atoms with Gasteiger partial charge >= 0.3 is 0 Å². The Morgan fingerprint density at radius 3 is 2.40 bits per heavy atom. The molecule has 0 aliphatic carbocycles. The van der Waals surface area contributed by atoms with E-state index in [0.717, 1.165) is 16.8 Å².